The average Bonchev–Trinajstić information content (AvgIpc) is 3.01. The minimum absolute atomic E-state index is 0.0931. The molecule has 3 unspecified atom stereocenters. The van der Waals surface area contributed by atoms with Crippen LogP contribution in [0, 0.1) is 11.8 Å². The highest BCUT2D eigenvalue weighted by Gasteiger charge is 2.23. The number of rotatable bonds is 9. The predicted molar refractivity (Wildman–Crippen MR) is 102 cm³/mol. The maximum atomic E-state index is 5.63. The van der Waals surface area contributed by atoms with Gasteiger partial charge < -0.3 is 14.5 Å². The van der Waals surface area contributed by atoms with Crippen molar-refractivity contribution in [2.45, 2.75) is 25.1 Å². The van der Waals surface area contributed by atoms with Gasteiger partial charge in [-0.1, -0.05) is 43.8 Å². The molecule has 0 aliphatic carbocycles. The molecule has 130 valence electrons. The summed E-state index contributed by atoms with van der Waals surface area (Å²) in [5.41, 5.74) is 3.05. The standard InChI is InChI=1S/C19H26N2O2S/c1-7-12(2)18(23-6)14(4)13(3)11-24-19-20-16-9-8-15(22-5)10-17(16)21-19/h7-10,12,14,18H,1,3,11H2,2,4-6H3,(H,20,21). The fraction of sp³-hybridized carbons (Fsp3) is 0.421. The first-order chi connectivity index (χ1) is 11.5. The summed E-state index contributed by atoms with van der Waals surface area (Å²) in [6, 6.07) is 5.83. The number of imidazole rings is 1. The molecule has 0 fully saturated rings. The Hall–Kier alpha value is -1.72. The quantitative estimate of drug-likeness (QED) is 0.528. The monoisotopic (exact) mass is 346 g/mol. The predicted octanol–water partition coefficient (Wildman–Crippen LogP) is 4.69. The second-order valence-electron chi connectivity index (χ2n) is 5.96. The minimum Gasteiger partial charge on any atom is -0.497 e. The number of hydrogen-bond donors (Lipinski definition) is 1. The van der Waals surface area contributed by atoms with Gasteiger partial charge in [0.25, 0.3) is 0 Å². The Balaban J connectivity index is 2.01. The van der Waals surface area contributed by atoms with Crippen LogP contribution in [0.15, 0.2) is 48.2 Å². The fourth-order valence-corrected chi connectivity index (χ4v) is 3.62. The third-order valence-corrected chi connectivity index (χ3v) is 5.34. The Morgan fingerprint density at radius 2 is 2.12 bits per heavy atom. The number of aromatic amines is 1. The molecule has 0 aliphatic heterocycles. The average molecular weight is 346 g/mol. The number of ether oxygens (including phenoxy) is 2. The Kier molecular flexibility index (Phi) is 6.52. The third kappa shape index (κ3) is 4.22. The molecule has 0 spiro atoms. The van der Waals surface area contributed by atoms with Gasteiger partial charge in [0, 0.05) is 30.8 Å². The minimum atomic E-state index is 0.0931. The summed E-state index contributed by atoms with van der Waals surface area (Å²) < 4.78 is 10.9. The van der Waals surface area contributed by atoms with Gasteiger partial charge in [-0.2, -0.15) is 0 Å². The van der Waals surface area contributed by atoms with Gasteiger partial charge in [-0.05, 0) is 12.1 Å². The van der Waals surface area contributed by atoms with E-state index in [9.17, 15) is 0 Å². The van der Waals surface area contributed by atoms with Gasteiger partial charge in [0.2, 0.25) is 0 Å². The van der Waals surface area contributed by atoms with Crippen molar-refractivity contribution in [3.63, 3.8) is 0 Å². The topological polar surface area (TPSA) is 47.1 Å². The molecule has 1 N–H and O–H groups in total. The highest BCUT2D eigenvalue weighted by Crippen LogP contribution is 2.28. The van der Waals surface area contributed by atoms with E-state index in [1.165, 1.54) is 0 Å². The highest BCUT2D eigenvalue weighted by molar-refractivity contribution is 7.99. The number of fused-ring (bicyclic) bond motifs is 1. The first kappa shape index (κ1) is 18.6. The molecule has 5 heteroatoms. The van der Waals surface area contributed by atoms with Crippen molar-refractivity contribution in [1.29, 1.82) is 0 Å². The van der Waals surface area contributed by atoms with Crippen LogP contribution < -0.4 is 4.74 Å². The van der Waals surface area contributed by atoms with Crippen LogP contribution in [0.2, 0.25) is 0 Å². The Labute approximate surface area is 148 Å². The largest absolute Gasteiger partial charge is 0.497 e. The fourth-order valence-electron chi connectivity index (χ4n) is 2.69. The second-order valence-corrected chi connectivity index (χ2v) is 6.92. The lowest BCUT2D eigenvalue weighted by atomic mass is 9.89. The van der Waals surface area contributed by atoms with E-state index < -0.39 is 0 Å². The molecule has 0 amide bonds. The summed E-state index contributed by atoms with van der Waals surface area (Å²) in [4.78, 5) is 7.92. The van der Waals surface area contributed by atoms with E-state index in [-0.39, 0.29) is 17.9 Å². The van der Waals surface area contributed by atoms with Crippen molar-refractivity contribution in [3.8, 4) is 5.75 Å². The maximum Gasteiger partial charge on any atom is 0.166 e. The van der Waals surface area contributed by atoms with Crippen molar-refractivity contribution in [2.24, 2.45) is 11.8 Å². The summed E-state index contributed by atoms with van der Waals surface area (Å²) in [5, 5.41) is 0.886. The van der Waals surface area contributed by atoms with Crippen LogP contribution in [0.25, 0.3) is 11.0 Å². The van der Waals surface area contributed by atoms with E-state index in [1.807, 2.05) is 24.3 Å². The van der Waals surface area contributed by atoms with Crippen LogP contribution >= 0.6 is 11.8 Å². The van der Waals surface area contributed by atoms with Crippen molar-refractivity contribution in [2.75, 3.05) is 20.0 Å². The van der Waals surface area contributed by atoms with Crippen LogP contribution in [0.1, 0.15) is 13.8 Å². The van der Waals surface area contributed by atoms with Crippen molar-refractivity contribution >= 4 is 22.8 Å². The smallest absolute Gasteiger partial charge is 0.166 e. The van der Waals surface area contributed by atoms with Crippen molar-refractivity contribution < 1.29 is 9.47 Å². The summed E-state index contributed by atoms with van der Waals surface area (Å²) in [6.45, 7) is 12.4. The molecule has 0 radical (unpaired) electrons. The second kappa shape index (κ2) is 8.40. The SMILES string of the molecule is C=CC(C)C(OC)C(C)C(=C)CSc1nc2ccc(OC)cc2[nH]1. The summed E-state index contributed by atoms with van der Waals surface area (Å²) in [5.74, 6) is 2.15. The highest BCUT2D eigenvalue weighted by atomic mass is 32.2. The molecule has 2 rings (SSSR count). The van der Waals surface area contributed by atoms with Crippen LogP contribution in [-0.2, 0) is 4.74 Å². The summed E-state index contributed by atoms with van der Waals surface area (Å²) in [6.07, 6.45) is 2.02. The Morgan fingerprint density at radius 1 is 1.38 bits per heavy atom. The van der Waals surface area contributed by atoms with Crippen LogP contribution in [0.4, 0.5) is 0 Å². The molecule has 1 aromatic carbocycles. The van der Waals surface area contributed by atoms with E-state index >= 15 is 0 Å². The van der Waals surface area contributed by atoms with Crippen LogP contribution in [0.5, 0.6) is 5.75 Å². The number of aromatic nitrogens is 2. The van der Waals surface area contributed by atoms with E-state index in [1.54, 1.807) is 26.0 Å². The molecule has 0 saturated carbocycles. The number of nitrogens with zero attached hydrogens (tertiary/aromatic N) is 1. The number of benzene rings is 1. The first-order valence-electron chi connectivity index (χ1n) is 7.99. The third-order valence-electron chi connectivity index (χ3n) is 4.36. The van der Waals surface area contributed by atoms with Gasteiger partial charge in [0.05, 0.1) is 24.2 Å². The van der Waals surface area contributed by atoms with Gasteiger partial charge in [-0.3, -0.25) is 0 Å². The Bertz CT molecular complexity index is 710. The number of H-pyrrole nitrogens is 1. The number of hydrogen-bond acceptors (Lipinski definition) is 4. The van der Waals surface area contributed by atoms with E-state index in [0.29, 0.717) is 0 Å². The zero-order valence-electron chi connectivity index (χ0n) is 14.8. The molecule has 0 aliphatic rings. The first-order valence-corrected chi connectivity index (χ1v) is 8.98. The van der Waals surface area contributed by atoms with Gasteiger partial charge >= 0.3 is 0 Å². The molecule has 0 bridgehead atoms. The van der Waals surface area contributed by atoms with Gasteiger partial charge in [-0.25, -0.2) is 4.98 Å². The molecule has 3 atom stereocenters. The molecule has 24 heavy (non-hydrogen) atoms. The van der Waals surface area contributed by atoms with Gasteiger partial charge in [0.1, 0.15) is 5.75 Å². The lowest BCUT2D eigenvalue weighted by Gasteiger charge is -2.27. The zero-order chi connectivity index (χ0) is 17.7. The molecular weight excluding hydrogens is 320 g/mol. The molecule has 2 aromatic rings. The Morgan fingerprint density at radius 3 is 2.75 bits per heavy atom. The van der Waals surface area contributed by atoms with Crippen molar-refractivity contribution in [3.05, 3.63) is 43.0 Å². The van der Waals surface area contributed by atoms with Crippen LogP contribution in [-0.4, -0.2) is 36.0 Å². The van der Waals surface area contributed by atoms with E-state index in [4.69, 9.17) is 9.47 Å². The number of thioether (sulfide) groups is 1. The molecule has 1 heterocycles. The normalized spacial score (nSPS) is 15.0. The lowest BCUT2D eigenvalue weighted by Crippen LogP contribution is -2.28. The number of methoxy groups -OCH3 is 2. The molecule has 1 aromatic heterocycles. The number of nitrogens with one attached hydrogen (secondary N) is 1. The lowest BCUT2D eigenvalue weighted by molar-refractivity contribution is 0.0437. The van der Waals surface area contributed by atoms with E-state index in [0.717, 1.165) is 33.3 Å². The van der Waals surface area contributed by atoms with Crippen LogP contribution in [0.3, 0.4) is 0 Å². The van der Waals surface area contributed by atoms with Gasteiger partial charge in [-0.15, -0.1) is 6.58 Å². The zero-order valence-corrected chi connectivity index (χ0v) is 15.7. The van der Waals surface area contributed by atoms with Crippen molar-refractivity contribution in [1.82, 2.24) is 9.97 Å². The molecule has 4 nitrogen and oxygen atoms in total. The summed E-state index contributed by atoms with van der Waals surface area (Å²) in [7, 11) is 3.41. The maximum absolute atomic E-state index is 5.63. The molecular formula is C19H26N2O2S. The molecule has 0 saturated heterocycles. The van der Waals surface area contributed by atoms with E-state index in [2.05, 4.69) is 37.0 Å². The van der Waals surface area contributed by atoms with Gasteiger partial charge in [0.15, 0.2) is 5.16 Å². The summed E-state index contributed by atoms with van der Waals surface area (Å²) >= 11 is 1.65.